The molecule has 0 aliphatic rings. The van der Waals surface area contributed by atoms with Gasteiger partial charge in [0.25, 0.3) is 0 Å². The van der Waals surface area contributed by atoms with Crippen LogP contribution in [0.3, 0.4) is 0 Å². The molecule has 0 N–H and O–H groups in total. The highest BCUT2D eigenvalue weighted by molar-refractivity contribution is 5.77. The van der Waals surface area contributed by atoms with Crippen molar-refractivity contribution in [2.45, 2.75) is 20.0 Å². The summed E-state index contributed by atoms with van der Waals surface area (Å²) in [5.74, 6) is 0.813. The quantitative estimate of drug-likeness (QED) is 0.450. The van der Waals surface area contributed by atoms with Crippen molar-refractivity contribution in [2.24, 2.45) is 0 Å². The molecule has 1 aromatic carbocycles. The van der Waals surface area contributed by atoms with Gasteiger partial charge in [-0.1, -0.05) is 12.1 Å². The van der Waals surface area contributed by atoms with Crippen molar-refractivity contribution in [3.05, 3.63) is 45.6 Å². The predicted molar refractivity (Wildman–Crippen MR) is 66.5 cm³/mol. The molecule has 0 saturated carbocycles. The Hall–Kier alpha value is -2.77. The van der Waals surface area contributed by atoms with Crippen molar-refractivity contribution in [1.82, 2.24) is 10.1 Å². The fourth-order valence-electron chi connectivity index (χ4n) is 1.51. The van der Waals surface area contributed by atoms with E-state index in [1.807, 2.05) is 6.92 Å². The highest BCUT2D eigenvalue weighted by Crippen LogP contribution is 2.28. The summed E-state index contributed by atoms with van der Waals surface area (Å²) in [6, 6.07) is 3.95. The van der Waals surface area contributed by atoms with E-state index >= 15 is 0 Å². The summed E-state index contributed by atoms with van der Waals surface area (Å²) >= 11 is 0. The van der Waals surface area contributed by atoms with E-state index in [0.717, 1.165) is 6.07 Å². The molecule has 0 bridgehead atoms. The van der Waals surface area contributed by atoms with Crippen LogP contribution in [0.2, 0.25) is 0 Å². The van der Waals surface area contributed by atoms with Crippen LogP contribution in [0.15, 0.2) is 22.7 Å². The summed E-state index contributed by atoms with van der Waals surface area (Å²) < 4.78 is 10.2. The van der Waals surface area contributed by atoms with Gasteiger partial charge in [-0.15, -0.1) is 0 Å². The number of aromatic nitrogens is 2. The second kappa shape index (κ2) is 5.91. The second-order valence-corrected chi connectivity index (χ2v) is 3.85. The average molecular weight is 277 g/mol. The molecule has 0 atom stereocenters. The van der Waals surface area contributed by atoms with Crippen molar-refractivity contribution in [1.29, 1.82) is 0 Å². The topological polar surface area (TPSA) is 108 Å². The van der Waals surface area contributed by atoms with Crippen LogP contribution < -0.4 is 4.74 Å². The maximum atomic E-state index is 10.9. The monoisotopic (exact) mass is 277 g/mol. The van der Waals surface area contributed by atoms with Gasteiger partial charge in [0.05, 0.1) is 4.92 Å². The number of benzene rings is 1. The number of aryl methyl sites for hydroxylation is 1. The summed E-state index contributed by atoms with van der Waals surface area (Å²) in [5, 5.41) is 14.6. The van der Waals surface area contributed by atoms with E-state index in [2.05, 4.69) is 10.1 Å². The lowest BCUT2D eigenvalue weighted by atomic mass is 10.2. The first kappa shape index (κ1) is 13.7. The predicted octanol–water partition coefficient (Wildman–Crippen LogP) is 1.93. The van der Waals surface area contributed by atoms with Crippen LogP contribution in [0.25, 0.3) is 0 Å². The zero-order chi connectivity index (χ0) is 14.5. The molecule has 2 rings (SSSR count). The van der Waals surface area contributed by atoms with Crippen molar-refractivity contribution in [3.63, 3.8) is 0 Å². The third kappa shape index (κ3) is 2.97. The van der Waals surface area contributed by atoms with Gasteiger partial charge in [0.15, 0.2) is 12.4 Å². The summed E-state index contributed by atoms with van der Waals surface area (Å²) in [4.78, 5) is 24.9. The lowest BCUT2D eigenvalue weighted by molar-refractivity contribution is -0.386. The van der Waals surface area contributed by atoms with Crippen molar-refractivity contribution < 1.29 is 19.0 Å². The van der Waals surface area contributed by atoms with Crippen LogP contribution in [-0.2, 0) is 13.0 Å². The molecule has 0 fully saturated rings. The van der Waals surface area contributed by atoms with Gasteiger partial charge in [0.1, 0.15) is 6.29 Å². The minimum Gasteiger partial charge on any atom is -0.478 e. The largest absolute Gasteiger partial charge is 0.478 e. The Morgan fingerprint density at radius 3 is 2.90 bits per heavy atom. The molecular weight excluding hydrogens is 266 g/mol. The van der Waals surface area contributed by atoms with Crippen molar-refractivity contribution in [3.8, 4) is 5.75 Å². The Balaban J connectivity index is 2.16. The van der Waals surface area contributed by atoms with E-state index in [4.69, 9.17) is 9.26 Å². The molecule has 0 aliphatic heterocycles. The molecule has 1 heterocycles. The van der Waals surface area contributed by atoms with Crippen LogP contribution in [0.1, 0.15) is 29.0 Å². The highest BCUT2D eigenvalue weighted by Gasteiger charge is 2.17. The van der Waals surface area contributed by atoms with Crippen LogP contribution in [0, 0.1) is 10.1 Å². The molecule has 104 valence electrons. The number of nitro benzene ring substituents is 1. The van der Waals surface area contributed by atoms with Gasteiger partial charge < -0.3 is 9.26 Å². The highest BCUT2D eigenvalue weighted by atomic mass is 16.6. The summed E-state index contributed by atoms with van der Waals surface area (Å²) in [6.07, 6.45) is 1.13. The fourth-order valence-corrected chi connectivity index (χ4v) is 1.51. The van der Waals surface area contributed by atoms with E-state index in [-0.39, 0.29) is 23.6 Å². The Labute approximate surface area is 113 Å². The molecule has 8 nitrogen and oxygen atoms in total. The number of rotatable bonds is 6. The van der Waals surface area contributed by atoms with Crippen LogP contribution in [0.5, 0.6) is 5.75 Å². The molecule has 0 amide bonds. The molecule has 20 heavy (non-hydrogen) atoms. The van der Waals surface area contributed by atoms with E-state index in [9.17, 15) is 14.9 Å². The molecule has 0 saturated heterocycles. The van der Waals surface area contributed by atoms with E-state index in [1.54, 1.807) is 0 Å². The average Bonchev–Trinajstić information content (AvgIpc) is 2.92. The van der Waals surface area contributed by atoms with Gasteiger partial charge in [0.2, 0.25) is 11.7 Å². The van der Waals surface area contributed by atoms with Gasteiger partial charge in [0, 0.05) is 18.1 Å². The third-order valence-electron chi connectivity index (χ3n) is 2.49. The molecule has 1 aromatic heterocycles. The first-order valence-electron chi connectivity index (χ1n) is 5.82. The molecule has 0 radical (unpaired) electrons. The number of carbonyl (C=O) groups excluding carboxylic acids is 1. The lowest BCUT2D eigenvalue weighted by Gasteiger charge is -2.04. The first-order chi connectivity index (χ1) is 9.63. The van der Waals surface area contributed by atoms with Crippen LogP contribution >= 0.6 is 0 Å². The minimum absolute atomic E-state index is 0.0449. The van der Waals surface area contributed by atoms with Gasteiger partial charge in [-0.25, -0.2) is 0 Å². The first-order valence-corrected chi connectivity index (χ1v) is 5.82. The number of nitrogens with zero attached hydrogens (tertiary/aromatic N) is 3. The van der Waals surface area contributed by atoms with E-state index in [0.29, 0.717) is 24.4 Å². The number of carbonyl (C=O) groups is 1. The van der Waals surface area contributed by atoms with Crippen molar-refractivity contribution >= 4 is 12.0 Å². The van der Waals surface area contributed by atoms with Gasteiger partial charge in [-0.3, -0.25) is 14.9 Å². The minimum atomic E-state index is -0.615. The maximum Gasteiger partial charge on any atom is 0.311 e. The third-order valence-corrected chi connectivity index (χ3v) is 2.49. The summed E-state index contributed by atoms with van der Waals surface area (Å²) in [5.41, 5.74) is -0.0781. The lowest BCUT2D eigenvalue weighted by Crippen LogP contribution is -2.01. The molecular formula is C12H11N3O5. The number of aldehydes is 1. The molecule has 0 spiro atoms. The van der Waals surface area contributed by atoms with Gasteiger partial charge in [-0.2, -0.15) is 4.98 Å². The molecule has 2 aromatic rings. The Morgan fingerprint density at radius 2 is 2.30 bits per heavy atom. The smallest absolute Gasteiger partial charge is 0.311 e. The van der Waals surface area contributed by atoms with E-state index < -0.39 is 4.92 Å². The Kier molecular flexibility index (Phi) is 4.04. The van der Waals surface area contributed by atoms with Crippen molar-refractivity contribution in [2.75, 3.05) is 0 Å². The Morgan fingerprint density at radius 1 is 1.50 bits per heavy atom. The van der Waals surface area contributed by atoms with Crippen LogP contribution in [-0.4, -0.2) is 21.4 Å². The van der Waals surface area contributed by atoms with E-state index in [1.165, 1.54) is 12.1 Å². The zero-order valence-corrected chi connectivity index (χ0v) is 10.6. The Bertz CT molecular complexity index is 638. The van der Waals surface area contributed by atoms with Gasteiger partial charge >= 0.3 is 5.69 Å². The van der Waals surface area contributed by atoms with Gasteiger partial charge in [-0.05, 0) is 12.1 Å². The van der Waals surface area contributed by atoms with Crippen LogP contribution in [0.4, 0.5) is 5.69 Å². The standard InChI is InChI=1S/C12H11N3O5/c1-2-12-13-11(14-20-12)7-19-10-4-3-8(6-16)5-9(10)15(17)18/h3-6H,2,7H2,1H3. The maximum absolute atomic E-state index is 10.9. The normalized spacial score (nSPS) is 10.2. The molecule has 8 heteroatoms. The number of nitro groups is 1. The fraction of sp³-hybridized carbons (Fsp3) is 0.250. The SMILES string of the molecule is CCc1nc(COc2ccc(C=O)cc2[N+](=O)[O-])no1. The molecule has 0 aliphatic carbocycles. The summed E-state index contributed by atoms with van der Waals surface area (Å²) in [6.45, 7) is 1.81. The number of hydrogen-bond donors (Lipinski definition) is 0. The number of hydrogen-bond acceptors (Lipinski definition) is 7. The summed E-state index contributed by atoms with van der Waals surface area (Å²) in [7, 11) is 0. The zero-order valence-electron chi connectivity index (χ0n) is 10.6. The second-order valence-electron chi connectivity index (χ2n) is 3.85. The molecule has 0 unspecified atom stereocenters. The number of ether oxygens (including phenoxy) is 1.